The SMILES string of the molecule is O=C(CN1CCCCCC1=O)N/N=C\c1cnc2ccccc2n1. The second-order valence-electron chi connectivity index (χ2n) is 5.70. The quantitative estimate of drug-likeness (QED) is 0.681. The first-order valence-electron chi connectivity index (χ1n) is 8.04. The third-order valence-corrected chi connectivity index (χ3v) is 3.86. The van der Waals surface area contributed by atoms with E-state index in [1.807, 2.05) is 24.3 Å². The van der Waals surface area contributed by atoms with Gasteiger partial charge >= 0.3 is 0 Å². The summed E-state index contributed by atoms with van der Waals surface area (Å²) in [4.78, 5) is 34.0. The molecule has 7 heteroatoms. The minimum atomic E-state index is -0.310. The number of carbonyl (C=O) groups excluding carboxylic acids is 2. The van der Waals surface area contributed by atoms with Gasteiger partial charge in [-0.1, -0.05) is 18.6 Å². The average molecular weight is 325 g/mol. The molecule has 124 valence electrons. The maximum Gasteiger partial charge on any atom is 0.259 e. The normalized spacial score (nSPS) is 15.7. The molecular weight excluding hydrogens is 306 g/mol. The van der Waals surface area contributed by atoms with E-state index in [2.05, 4.69) is 20.5 Å². The summed E-state index contributed by atoms with van der Waals surface area (Å²) in [6, 6.07) is 7.53. The second-order valence-corrected chi connectivity index (χ2v) is 5.70. The van der Waals surface area contributed by atoms with Crippen LogP contribution in [0, 0.1) is 0 Å². The molecule has 0 spiro atoms. The molecule has 0 unspecified atom stereocenters. The van der Waals surface area contributed by atoms with Gasteiger partial charge in [0.05, 0.1) is 23.4 Å². The van der Waals surface area contributed by atoms with Gasteiger partial charge in [-0.25, -0.2) is 10.4 Å². The zero-order valence-corrected chi connectivity index (χ0v) is 13.3. The lowest BCUT2D eigenvalue weighted by Gasteiger charge is -2.18. The maximum atomic E-state index is 11.9. The van der Waals surface area contributed by atoms with Crippen molar-refractivity contribution >= 4 is 29.1 Å². The lowest BCUT2D eigenvalue weighted by molar-refractivity contribution is -0.135. The molecule has 2 heterocycles. The molecule has 1 fully saturated rings. The summed E-state index contributed by atoms with van der Waals surface area (Å²) in [5.41, 5.74) is 4.56. The molecule has 1 N–H and O–H groups in total. The first kappa shape index (κ1) is 16.0. The summed E-state index contributed by atoms with van der Waals surface area (Å²) >= 11 is 0. The van der Waals surface area contributed by atoms with E-state index < -0.39 is 0 Å². The number of aromatic nitrogens is 2. The lowest BCUT2D eigenvalue weighted by atomic mass is 10.2. The van der Waals surface area contributed by atoms with Crippen LogP contribution in [0.15, 0.2) is 35.6 Å². The number of hydrazone groups is 1. The van der Waals surface area contributed by atoms with Gasteiger partial charge in [-0.2, -0.15) is 5.10 Å². The van der Waals surface area contributed by atoms with Gasteiger partial charge in [-0.05, 0) is 25.0 Å². The van der Waals surface area contributed by atoms with Crippen molar-refractivity contribution in [2.75, 3.05) is 13.1 Å². The number of amides is 2. The molecule has 0 aliphatic carbocycles. The van der Waals surface area contributed by atoms with E-state index in [1.54, 1.807) is 11.1 Å². The molecule has 0 saturated carbocycles. The summed E-state index contributed by atoms with van der Waals surface area (Å²) in [6.45, 7) is 0.672. The summed E-state index contributed by atoms with van der Waals surface area (Å²) in [5, 5.41) is 3.90. The van der Waals surface area contributed by atoms with Crippen LogP contribution in [-0.4, -0.2) is 46.0 Å². The largest absolute Gasteiger partial charge is 0.333 e. The third kappa shape index (κ3) is 4.13. The fourth-order valence-corrected chi connectivity index (χ4v) is 2.62. The Morgan fingerprint density at radius 1 is 1.25 bits per heavy atom. The van der Waals surface area contributed by atoms with Crippen molar-refractivity contribution in [3.63, 3.8) is 0 Å². The number of hydrogen-bond donors (Lipinski definition) is 1. The first-order valence-corrected chi connectivity index (χ1v) is 8.04. The molecule has 2 amide bonds. The third-order valence-electron chi connectivity index (χ3n) is 3.86. The van der Waals surface area contributed by atoms with Crippen molar-refractivity contribution in [1.29, 1.82) is 0 Å². The van der Waals surface area contributed by atoms with Gasteiger partial charge in [0.15, 0.2) is 0 Å². The number of para-hydroxylation sites is 2. The van der Waals surface area contributed by atoms with Crippen molar-refractivity contribution in [2.45, 2.75) is 25.7 Å². The molecule has 1 aromatic carbocycles. The fourth-order valence-electron chi connectivity index (χ4n) is 2.62. The van der Waals surface area contributed by atoms with Gasteiger partial charge in [-0.3, -0.25) is 14.6 Å². The van der Waals surface area contributed by atoms with E-state index in [0.717, 1.165) is 30.3 Å². The molecule has 3 rings (SSSR count). The molecule has 1 saturated heterocycles. The van der Waals surface area contributed by atoms with Crippen LogP contribution in [-0.2, 0) is 9.59 Å². The van der Waals surface area contributed by atoms with Crippen LogP contribution in [0.25, 0.3) is 11.0 Å². The van der Waals surface area contributed by atoms with Gasteiger partial charge in [0.25, 0.3) is 5.91 Å². The minimum Gasteiger partial charge on any atom is -0.333 e. The number of carbonyl (C=O) groups is 2. The molecule has 24 heavy (non-hydrogen) atoms. The van der Waals surface area contributed by atoms with E-state index >= 15 is 0 Å². The van der Waals surface area contributed by atoms with E-state index in [1.165, 1.54) is 6.21 Å². The Labute approximate surface area is 139 Å². The number of hydrogen-bond acceptors (Lipinski definition) is 5. The van der Waals surface area contributed by atoms with Gasteiger partial charge in [0.1, 0.15) is 12.2 Å². The van der Waals surface area contributed by atoms with Gasteiger partial charge in [-0.15, -0.1) is 0 Å². The summed E-state index contributed by atoms with van der Waals surface area (Å²) in [7, 11) is 0. The number of likely N-dealkylation sites (tertiary alicyclic amines) is 1. The monoisotopic (exact) mass is 325 g/mol. The number of nitrogens with one attached hydrogen (secondary N) is 1. The zero-order chi connectivity index (χ0) is 16.8. The molecule has 1 aromatic heterocycles. The fraction of sp³-hybridized carbons (Fsp3) is 0.353. The van der Waals surface area contributed by atoms with Crippen molar-refractivity contribution in [2.24, 2.45) is 5.10 Å². The van der Waals surface area contributed by atoms with Crippen LogP contribution in [0.1, 0.15) is 31.4 Å². The number of fused-ring (bicyclic) bond motifs is 1. The highest BCUT2D eigenvalue weighted by molar-refractivity contribution is 5.86. The predicted molar refractivity (Wildman–Crippen MR) is 90.3 cm³/mol. The zero-order valence-electron chi connectivity index (χ0n) is 13.3. The molecule has 0 radical (unpaired) electrons. The van der Waals surface area contributed by atoms with Gasteiger partial charge < -0.3 is 4.90 Å². The molecule has 1 aliphatic rings. The standard InChI is InChI=1S/C17H19N5O2/c23-16(12-22-9-5-1-2-8-17(22)24)21-19-11-13-10-18-14-6-3-4-7-15(14)20-13/h3-4,6-7,10-11H,1-2,5,8-9,12H2,(H,21,23)/b19-11-. The Hall–Kier alpha value is -2.83. The van der Waals surface area contributed by atoms with Crippen LogP contribution in [0.2, 0.25) is 0 Å². The van der Waals surface area contributed by atoms with Gasteiger partial charge in [0.2, 0.25) is 5.91 Å². The molecular formula is C17H19N5O2. The average Bonchev–Trinajstić information content (AvgIpc) is 2.79. The minimum absolute atomic E-state index is 0.0343. The summed E-state index contributed by atoms with van der Waals surface area (Å²) in [6.07, 6.45) is 6.43. The number of benzene rings is 1. The Bertz CT molecular complexity index is 774. The van der Waals surface area contributed by atoms with E-state index in [4.69, 9.17) is 0 Å². The number of rotatable bonds is 4. The van der Waals surface area contributed by atoms with Crippen LogP contribution < -0.4 is 5.43 Å². The highest BCUT2D eigenvalue weighted by Crippen LogP contribution is 2.10. The highest BCUT2D eigenvalue weighted by atomic mass is 16.2. The Kier molecular flexibility index (Phi) is 5.10. The maximum absolute atomic E-state index is 11.9. The van der Waals surface area contributed by atoms with Crippen molar-refractivity contribution in [3.05, 3.63) is 36.2 Å². The molecule has 2 aromatic rings. The Morgan fingerprint density at radius 3 is 2.96 bits per heavy atom. The highest BCUT2D eigenvalue weighted by Gasteiger charge is 2.18. The van der Waals surface area contributed by atoms with Crippen LogP contribution >= 0.6 is 0 Å². The molecule has 7 nitrogen and oxygen atoms in total. The van der Waals surface area contributed by atoms with Crippen molar-refractivity contribution in [3.8, 4) is 0 Å². The molecule has 0 atom stereocenters. The topological polar surface area (TPSA) is 87.5 Å². The van der Waals surface area contributed by atoms with Crippen LogP contribution in [0.5, 0.6) is 0 Å². The summed E-state index contributed by atoms with van der Waals surface area (Å²) in [5.74, 6) is -0.276. The van der Waals surface area contributed by atoms with Crippen molar-refractivity contribution < 1.29 is 9.59 Å². The van der Waals surface area contributed by atoms with Crippen LogP contribution in [0.4, 0.5) is 0 Å². The Morgan fingerprint density at radius 2 is 2.08 bits per heavy atom. The van der Waals surface area contributed by atoms with Gasteiger partial charge in [0, 0.05) is 13.0 Å². The van der Waals surface area contributed by atoms with Crippen molar-refractivity contribution in [1.82, 2.24) is 20.3 Å². The van der Waals surface area contributed by atoms with E-state index in [-0.39, 0.29) is 18.4 Å². The summed E-state index contributed by atoms with van der Waals surface area (Å²) < 4.78 is 0. The second kappa shape index (κ2) is 7.63. The molecule has 1 aliphatic heterocycles. The lowest BCUT2D eigenvalue weighted by Crippen LogP contribution is -2.39. The number of nitrogens with zero attached hydrogens (tertiary/aromatic N) is 4. The van der Waals surface area contributed by atoms with E-state index in [9.17, 15) is 9.59 Å². The smallest absolute Gasteiger partial charge is 0.259 e. The van der Waals surface area contributed by atoms with Crippen LogP contribution in [0.3, 0.4) is 0 Å². The van der Waals surface area contributed by atoms with E-state index in [0.29, 0.717) is 18.7 Å². The Balaban J connectivity index is 1.56. The molecule has 0 bridgehead atoms. The first-order chi connectivity index (χ1) is 11.7. The predicted octanol–water partition coefficient (Wildman–Crippen LogP) is 1.48.